The minimum absolute atomic E-state index is 0.0893. The van der Waals surface area contributed by atoms with Crippen molar-refractivity contribution in [2.24, 2.45) is 0 Å². The van der Waals surface area contributed by atoms with Crippen molar-refractivity contribution in [1.82, 2.24) is 9.78 Å². The van der Waals surface area contributed by atoms with E-state index in [1.807, 2.05) is 0 Å². The van der Waals surface area contributed by atoms with E-state index in [1.165, 1.54) is 28.9 Å². The summed E-state index contributed by atoms with van der Waals surface area (Å²) in [5, 5.41) is 6.67. The standard InChI is InChI=1S/C17H13F2N3O/c1-11-10-16(17(23)20-15-5-3-2-4-14(15)19)21-22(11)13-8-6-12(18)7-9-13/h2-10H,1H3,(H,20,23). The minimum atomic E-state index is -0.518. The zero-order chi connectivity index (χ0) is 16.4. The number of hydrogen-bond acceptors (Lipinski definition) is 2. The number of amides is 1. The van der Waals surface area contributed by atoms with Crippen molar-refractivity contribution in [2.45, 2.75) is 6.92 Å². The average molecular weight is 313 g/mol. The lowest BCUT2D eigenvalue weighted by Gasteiger charge is -2.04. The highest BCUT2D eigenvalue weighted by molar-refractivity contribution is 6.03. The van der Waals surface area contributed by atoms with Crippen LogP contribution >= 0.6 is 0 Å². The van der Waals surface area contributed by atoms with Gasteiger partial charge in [-0.2, -0.15) is 5.10 Å². The molecular weight excluding hydrogens is 300 g/mol. The topological polar surface area (TPSA) is 46.9 Å². The van der Waals surface area contributed by atoms with Crippen LogP contribution in [0.5, 0.6) is 0 Å². The number of nitrogens with one attached hydrogen (secondary N) is 1. The van der Waals surface area contributed by atoms with Crippen molar-refractivity contribution >= 4 is 11.6 Å². The molecule has 0 radical (unpaired) electrons. The summed E-state index contributed by atoms with van der Waals surface area (Å²) in [6.07, 6.45) is 0. The Hall–Kier alpha value is -3.02. The molecule has 0 saturated heterocycles. The number of benzene rings is 2. The van der Waals surface area contributed by atoms with E-state index in [4.69, 9.17) is 0 Å². The predicted molar refractivity (Wildman–Crippen MR) is 82.6 cm³/mol. The number of aryl methyl sites for hydroxylation is 1. The molecule has 0 fully saturated rings. The maximum atomic E-state index is 13.6. The first kappa shape index (κ1) is 14.9. The zero-order valence-electron chi connectivity index (χ0n) is 12.3. The van der Waals surface area contributed by atoms with Crippen LogP contribution in [-0.4, -0.2) is 15.7 Å². The smallest absolute Gasteiger partial charge is 0.276 e. The van der Waals surface area contributed by atoms with Gasteiger partial charge in [-0.3, -0.25) is 4.79 Å². The van der Waals surface area contributed by atoms with Gasteiger partial charge in [-0.25, -0.2) is 13.5 Å². The highest BCUT2D eigenvalue weighted by Gasteiger charge is 2.15. The Bertz CT molecular complexity index is 857. The van der Waals surface area contributed by atoms with Gasteiger partial charge in [0.15, 0.2) is 5.69 Å². The summed E-state index contributed by atoms with van der Waals surface area (Å²) < 4.78 is 28.1. The van der Waals surface area contributed by atoms with Crippen molar-refractivity contribution in [1.29, 1.82) is 0 Å². The highest BCUT2D eigenvalue weighted by Crippen LogP contribution is 2.16. The van der Waals surface area contributed by atoms with Crippen LogP contribution in [0.2, 0.25) is 0 Å². The molecule has 4 nitrogen and oxygen atoms in total. The molecule has 3 rings (SSSR count). The molecule has 0 atom stereocenters. The van der Waals surface area contributed by atoms with E-state index in [2.05, 4.69) is 10.4 Å². The Morgan fingerprint density at radius 3 is 2.48 bits per heavy atom. The summed E-state index contributed by atoms with van der Waals surface area (Å²) in [4.78, 5) is 12.2. The third-order valence-corrected chi connectivity index (χ3v) is 3.31. The van der Waals surface area contributed by atoms with Crippen molar-refractivity contribution in [3.05, 3.63) is 77.6 Å². The average Bonchev–Trinajstić information content (AvgIpc) is 2.92. The molecule has 3 aromatic rings. The first-order valence-electron chi connectivity index (χ1n) is 6.93. The second-order valence-electron chi connectivity index (χ2n) is 4.99. The number of nitrogens with zero attached hydrogens (tertiary/aromatic N) is 2. The summed E-state index contributed by atoms with van der Waals surface area (Å²) in [5.74, 6) is -1.38. The monoisotopic (exact) mass is 313 g/mol. The summed E-state index contributed by atoms with van der Waals surface area (Å²) in [6, 6.07) is 13.2. The molecule has 0 aliphatic carbocycles. The van der Waals surface area contributed by atoms with Crippen LogP contribution in [-0.2, 0) is 0 Å². The van der Waals surface area contributed by atoms with Crippen molar-refractivity contribution in [2.75, 3.05) is 5.32 Å². The molecule has 0 aliphatic rings. The SMILES string of the molecule is Cc1cc(C(=O)Nc2ccccc2F)nn1-c1ccc(F)cc1. The van der Waals surface area contributed by atoms with E-state index in [9.17, 15) is 13.6 Å². The van der Waals surface area contributed by atoms with Crippen LogP contribution in [0.4, 0.5) is 14.5 Å². The van der Waals surface area contributed by atoms with Gasteiger partial charge in [-0.05, 0) is 49.4 Å². The van der Waals surface area contributed by atoms with Gasteiger partial charge in [0.25, 0.3) is 5.91 Å². The molecule has 2 aromatic carbocycles. The molecular formula is C17H13F2N3O. The number of carbonyl (C=O) groups is 1. The van der Waals surface area contributed by atoms with Gasteiger partial charge in [0, 0.05) is 5.69 Å². The molecule has 0 aliphatic heterocycles. The Morgan fingerprint density at radius 2 is 1.78 bits per heavy atom. The normalized spacial score (nSPS) is 10.6. The summed E-state index contributed by atoms with van der Waals surface area (Å²) in [5.41, 5.74) is 1.57. The van der Waals surface area contributed by atoms with Gasteiger partial charge < -0.3 is 5.32 Å². The third kappa shape index (κ3) is 3.11. The van der Waals surface area contributed by atoms with Crippen molar-refractivity contribution in [3.63, 3.8) is 0 Å². The maximum absolute atomic E-state index is 13.6. The lowest BCUT2D eigenvalue weighted by atomic mass is 10.3. The molecule has 0 saturated carbocycles. The molecule has 23 heavy (non-hydrogen) atoms. The number of aromatic nitrogens is 2. The molecule has 0 bridgehead atoms. The van der Waals surface area contributed by atoms with Crippen molar-refractivity contribution in [3.8, 4) is 5.69 Å². The quantitative estimate of drug-likeness (QED) is 0.801. The van der Waals surface area contributed by atoms with Gasteiger partial charge in [-0.1, -0.05) is 12.1 Å². The molecule has 1 amide bonds. The lowest BCUT2D eigenvalue weighted by Crippen LogP contribution is -2.14. The van der Waals surface area contributed by atoms with Crippen LogP contribution in [0, 0.1) is 18.6 Å². The van der Waals surface area contributed by atoms with E-state index in [0.717, 1.165) is 0 Å². The minimum Gasteiger partial charge on any atom is -0.318 e. The number of para-hydroxylation sites is 1. The van der Waals surface area contributed by atoms with Crippen LogP contribution < -0.4 is 5.32 Å². The Morgan fingerprint density at radius 1 is 1.09 bits per heavy atom. The van der Waals surface area contributed by atoms with E-state index in [-0.39, 0.29) is 17.2 Å². The maximum Gasteiger partial charge on any atom is 0.276 e. The summed E-state index contributed by atoms with van der Waals surface area (Å²) >= 11 is 0. The first-order chi connectivity index (χ1) is 11.0. The summed E-state index contributed by atoms with van der Waals surface area (Å²) in [7, 11) is 0. The second-order valence-corrected chi connectivity index (χ2v) is 4.99. The Balaban J connectivity index is 1.87. The zero-order valence-corrected chi connectivity index (χ0v) is 12.3. The van der Waals surface area contributed by atoms with Crippen LogP contribution in [0.25, 0.3) is 5.69 Å². The number of halogens is 2. The molecule has 1 N–H and O–H groups in total. The van der Waals surface area contributed by atoms with E-state index < -0.39 is 11.7 Å². The second kappa shape index (κ2) is 6.00. The fraction of sp³-hybridized carbons (Fsp3) is 0.0588. The fourth-order valence-corrected chi connectivity index (χ4v) is 2.18. The first-order valence-corrected chi connectivity index (χ1v) is 6.93. The van der Waals surface area contributed by atoms with E-state index in [0.29, 0.717) is 11.4 Å². The summed E-state index contributed by atoms with van der Waals surface area (Å²) in [6.45, 7) is 1.77. The van der Waals surface area contributed by atoms with Gasteiger partial charge >= 0.3 is 0 Å². The van der Waals surface area contributed by atoms with Gasteiger partial charge in [0.1, 0.15) is 11.6 Å². The van der Waals surface area contributed by atoms with Crippen molar-refractivity contribution < 1.29 is 13.6 Å². The number of hydrogen-bond donors (Lipinski definition) is 1. The fourth-order valence-electron chi connectivity index (χ4n) is 2.18. The van der Waals surface area contributed by atoms with E-state index in [1.54, 1.807) is 37.3 Å². The molecule has 1 heterocycles. The van der Waals surface area contributed by atoms with E-state index >= 15 is 0 Å². The van der Waals surface area contributed by atoms with Crippen LogP contribution in [0.3, 0.4) is 0 Å². The largest absolute Gasteiger partial charge is 0.318 e. The number of rotatable bonds is 3. The van der Waals surface area contributed by atoms with Gasteiger partial charge in [0.2, 0.25) is 0 Å². The Kier molecular flexibility index (Phi) is 3.89. The Labute approximate surface area is 131 Å². The van der Waals surface area contributed by atoms with Gasteiger partial charge in [-0.15, -0.1) is 0 Å². The molecule has 1 aromatic heterocycles. The van der Waals surface area contributed by atoms with Crippen LogP contribution in [0.1, 0.15) is 16.2 Å². The number of carbonyl (C=O) groups excluding carboxylic acids is 1. The molecule has 116 valence electrons. The highest BCUT2D eigenvalue weighted by atomic mass is 19.1. The van der Waals surface area contributed by atoms with Crippen LogP contribution in [0.15, 0.2) is 54.6 Å². The molecule has 0 spiro atoms. The lowest BCUT2D eigenvalue weighted by molar-refractivity contribution is 0.102. The molecule has 6 heteroatoms. The molecule has 0 unspecified atom stereocenters. The van der Waals surface area contributed by atoms with Gasteiger partial charge in [0.05, 0.1) is 11.4 Å². The third-order valence-electron chi connectivity index (χ3n) is 3.31. The number of anilines is 1. The predicted octanol–water partition coefficient (Wildman–Crippen LogP) is 3.71.